The first-order valence-corrected chi connectivity index (χ1v) is 5.91. The second kappa shape index (κ2) is 5.44. The fourth-order valence-corrected chi connectivity index (χ4v) is 1.82. The molecule has 0 saturated heterocycles. The number of nitrogens with one attached hydrogen (secondary N) is 1. The molecule has 0 fully saturated rings. The minimum absolute atomic E-state index is 0.0980. The lowest BCUT2D eigenvalue weighted by atomic mass is 10.1. The van der Waals surface area contributed by atoms with Crippen LogP contribution in [0.5, 0.6) is 11.5 Å². The fourth-order valence-electron chi connectivity index (χ4n) is 1.82. The lowest BCUT2D eigenvalue weighted by molar-refractivity contribution is 0.101. The lowest BCUT2D eigenvalue weighted by Gasteiger charge is -2.09. The van der Waals surface area contributed by atoms with E-state index in [1.807, 2.05) is 0 Å². The van der Waals surface area contributed by atoms with Crippen LogP contribution in [0.3, 0.4) is 0 Å². The summed E-state index contributed by atoms with van der Waals surface area (Å²) in [5.74, 6) is -1.12. The topological polar surface area (TPSA) is 86.6 Å². The molecule has 0 saturated carbocycles. The molecule has 0 spiro atoms. The maximum Gasteiger partial charge on any atom is 0.255 e. The molecule has 0 atom stereocenters. The van der Waals surface area contributed by atoms with Crippen molar-refractivity contribution in [2.45, 2.75) is 6.92 Å². The summed E-state index contributed by atoms with van der Waals surface area (Å²) in [6.45, 7) is 1.41. The van der Waals surface area contributed by atoms with Crippen molar-refractivity contribution in [3.8, 4) is 11.5 Å². The van der Waals surface area contributed by atoms with Crippen molar-refractivity contribution in [1.82, 2.24) is 0 Å². The van der Waals surface area contributed by atoms with Gasteiger partial charge in [-0.05, 0) is 31.2 Å². The average Bonchev–Trinajstić information content (AvgIpc) is 2.37. The number of ketones is 1. The van der Waals surface area contributed by atoms with Gasteiger partial charge in [0.2, 0.25) is 0 Å². The van der Waals surface area contributed by atoms with Crippen molar-refractivity contribution in [3.05, 3.63) is 53.6 Å². The molecule has 102 valence electrons. The van der Waals surface area contributed by atoms with E-state index in [2.05, 4.69) is 5.32 Å². The minimum Gasteiger partial charge on any atom is -0.508 e. The number of carbonyl (C=O) groups excluding carboxylic acids is 2. The Hall–Kier alpha value is -2.82. The van der Waals surface area contributed by atoms with E-state index in [0.29, 0.717) is 11.3 Å². The Bertz CT molecular complexity index is 659. The number of amides is 1. The van der Waals surface area contributed by atoms with Gasteiger partial charge < -0.3 is 15.5 Å². The molecule has 2 aromatic carbocycles. The van der Waals surface area contributed by atoms with Crippen molar-refractivity contribution >= 4 is 17.4 Å². The number of phenolic OH excluding ortho intramolecular Hbond substituents is 2. The minimum atomic E-state index is -0.523. The molecule has 0 aliphatic rings. The highest BCUT2D eigenvalue weighted by Gasteiger charge is 2.12. The summed E-state index contributed by atoms with van der Waals surface area (Å²) in [6, 6.07) is 10.2. The second-order valence-electron chi connectivity index (χ2n) is 4.29. The van der Waals surface area contributed by atoms with Crippen LogP contribution in [0.2, 0.25) is 0 Å². The Kier molecular flexibility index (Phi) is 3.70. The largest absolute Gasteiger partial charge is 0.508 e. The van der Waals surface area contributed by atoms with Crippen molar-refractivity contribution in [2.24, 2.45) is 0 Å². The number of aromatic hydroxyl groups is 2. The van der Waals surface area contributed by atoms with Crippen LogP contribution in [0.4, 0.5) is 5.69 Å². The zero-order chi connectivity index (χ0) is 14.7. The van der Waals surface area contributed by atoms with Gasteiger partial charge in [-0.1, -0.05) is 12.1 Å². The molecule has 5 nitrogen and oxygen atoms in total. The third kappa shape index (κ3) is 2.95. The molecular formula is C15H13NO4. The molecule has 2 rings (SSSR count). The molecule has 0 bridgehead atoms. The summed E-state index contributed by atoms with van der Waals surface area (Å²) in [5.41, 5.74) is 0.874. The van der Waals surface area contributed by atoms with E-state index in [1.165, 1.54) is 19.1 Å². The van der Waals surface area contributed by atoms with Crippen LogP contribution in [0.1, 0.15) is 27.6 Å². The van der Waals surface area contributed by atoms with Crippen LogP contribution in [0.15, 0.2) is 42.5 Å². The first-order chi connectivity index (χ1) is 9.47. The van der Waals surface area contributed by atoms with Gasteiger partial charge in [-0.3, -0.25) is 9.59 Å². The van der Waals surface area contributed by atoms with Gasteiger partial charge >= 0.3 is 0 Å². The standard InChI is InChI=1S/C15H13NO4/c1-9(17)13-4-2-3-5-14(13)16-15(20)10-6-11(18)8-12(19)7-10/h2-8,18-19H,1H3,(H,16,20). The molecule has 0 aliphatic carbocycles. The number of para-hydroxylation sites is 1. The second-order valence-corrected chi connectivity index (χ2v) is 4.29. The molecule has 0 aliphatic heterocycles. The number of anilines is 1. The van der Waals surface area contributed by atoms with E-state index in [0.717, 1.165) is 6.07 Å². The van der Waals surface area contributed by atoms with Crippen LogP contribution >= 0.6 is 0 Å². The SMILES string of the molecule is CC(=O)c1ccccc1NC(=O)c1cc(O)cc(O)c1. The summed E-state index contributed by atoms with van der Waals surface area (Å²) >= 11 is 0. The normalized spacial score (nSPS) is 10.1. The summed E-state index contributed by atoms with van der Waals surface area (Å²) < 4.78 is 0. The third-order valence-electron chi connectivity index (χ3n) is 2.72. The Morgan fingerprint density at radius 2 is 1.60 bits per heavy atom. The first kappa shape index (κ1) is 13.6. The third-order valence-corrected chi connectivity index (χ3v) is 2.72. The van der Waals surface area contributed by atoms with Crippen molar-refractivity contribution in [3.63, 3.8) is 0 Å². The predicted molar refractivity (Wildman–Crippen MR) is 74.2 cm³/mol. The molecule has 5 heteroatoms. The molecule has 2 aromatic rings. The maximum atomic E-state index is 12.0. The van der Waals surface area contributed by atoms with Gasteiger partial charge in [0, 0.05) is 17.2 Å². The van der Waals surface area contributed by atoms with Crippen molar-refractivity contribution < 1.29 is 19.8 Å². The Labute approximate surface area is 115 Å². The monoisotopic (exact) mass is 271 g/mol. The first-order valence-electron chi connectivity index (χ1n) is 5.91. The van der Waals surface area contributed by atoms with Gasteiger partial charge in [0.05, 0.1) is 5.69 Å². The van der Waals surface area contributed by atoms with Gasteiger partial charge in [-0.15, -0.1) is 0 Å². The van der Waals surface area contributed by atoms with Crippen LogP contribution in [-0.4, -0.2) is 21.9 Å². The molecule has 0 heterocycles. The van der Waals surface area contributed by atoms with E-state index >= 15 is 0 Å². The smallest absolute Gasteiger partial charge is 0.255 e. The maximum absolute atomic E-state index is 12.0. The van der Waals surface area contributed by atoms with Crippen LogP contribution in [-0.2, 0) is 0 Å². The zero-order valence-corrected chi connectivity index (χ0v) is 10.8. The number of hydrogen-bond acceptors (Lipinski definition) is 4. The van der Waals surface area contributed by atoms with Crippen molar-refractivity contribution in [2.75, 3.05) is 5.32 Å². The highest BCUT2D eigenvalue weighted by molar-refractivity contribution is 6.09. The molecular weight excluding hydrogens is 258 g/mol. The summed E-state index contributed by atoms with van der Waals surface area (Å²) in [6.07, 6.45) is 0. The Morgan fingerprint density at radius 1 is 1.00 bits per heavy atom. The summed E-state index contributed by atoms with van der Waals surface area (Å²) in [4.78, 5) is 23.5. The number of carbonyl (C=O) groups is 2. The van der Waals surface area contributed by atoms with E-state index in [1.54, 1.807) is 24.3 Å². The molecule has 0 aromatic heterocycles. The predicted octanol–water partition coefficient (Wildman–Crippen LogP) is 2.55. The zero-order valence-electron chi connectivity index (χ0n) is 10.8. The van der Waals surface area contributed by atoms with Crippen LogP contribution < -0.4 is 5.32 Å². The summed E-state index contributed by atoms with van der Waals surface area (Å²) in [7, 11) is 0. The lowest BCUT2D eigenvalue weighted by Crippen LogP contribution is -2.14. The number of phenols is 2. The average molecular weight is 271 g/mol. The number of Topliss-reactive ketones (excluding diaryl/α,β-unsaturated/α-hetero) is 1. The van der Waals surface area contributed by atoms with E-state index < -0.39 is 5.91 Å². The van der Waals surface area contributed by atoms with Gasteiger partial charge in [-0.25, -0.2) is 0 Å². The molecule has 0 unspecified atom stereocenters. The van der Waals surface area contributed by atoms with Gasteiger partial charge in [0.15, 0.2) is 5.78 Å². The molecule has 0 radical (unpaired) electrons. The molecule has 1 amide bonds. The van der Waals surface area contributed by atoms with Gasteiger partial charge in [0.25, 0.3) is 5.91 Å². The van der Waals surface area contributed by atoms with Gasteiger partial charge in [0.1, 0.15) is 11.5 Å². The highest BCUT2D eigenvalue weighted by atomic mass is 16.3. The Balaban J connectivity index is 2.30. The van der Waals surface area contributed by atoms with E-state index in [9.17, 15) is 19.8 Å². The number of rotatable bonds is 3. The molecule has 3 N–H and O–H groups in total. The van der Waals surface area contributed by atoms with E-state index in [4.69, 9.17) is 0 Å². The molecule has 20 heavy (non-hydrogen) atoms. The van der Waals surface area contributed by atoms with Crippen LogP contribution in [0.25, 0.3) is 0 Å². The number of hydrogen-bond donors (Lipinski definition) is 3. The van der Waals surface area contributed by atoms with E-state index in [-0.39, 0.29) is 22.8 Å². The van der Waals surface area contributed by atoms with Gasteiger partial charge in [-0.2, -0.15) is 0 Å². The highest BCUT2D eigenvalue weighted by Crippen LogP contribution is 2.22. The summed E-state index contributed by atoms with van der Waals surface area (Å²) in [5, 5.41) is 21.3. The number of benzene rings is 2. The van der Waals surface area contributed by atoms with Crippen molar-refractivity contribution in [1.29, 1.82) is 0 Å². The van der Waals surface area contributed by atoms with Crippen LogP contribution in [0, 0.1) is 0 Å². The fraction of sp³-hybridized carbons (Fsp3) is 0.0667. The quantitative estimate of drug-likeness (QED) is 0.749. The Morgan fingerprint density at radius 3 is 2.20 bits per heavy atom.